The number of thioether (sulfide) groups is 2. The largest absolute Gasteiger partial charge is 0.229 e. The Morgan fingerprint density at radius 1 is 1.36 bits per heavy atom. The maximum absolute atomic E-state index is 10.8. The van der Waals surface area contributed by atoms with Gasteiger partial charge in [0.2, 0.25) is 0 Å². The highest BCUT2D eigenvalue weighted by Gasteiger charge is 2.06. The molecule has 1 aromatic heterocycles. The molecule has 0 N–H and O–H groups in total. The topological polar surface area (TPSA) is 59.9 Å². The monoisotopic (exact) mass is 270 g/mol. The standard InChI is InChI=1S/C6H10N2O2S4/c1-11-5-7-8-6(13-5)12-3-4-14(2,9)10/h3-4H2,1-2H3. The van der Waals surface area contributed by atoms with Crippen LogP contribution in [0.15, 0.2) is 8.68 Å². The van der Waals surface area contributed by atoms with Crippen LogP contribution in [0.4, 0.5) is 0 Å². The van der Waals surface area contributed by atoms with E-state index in [0.717, 1.165) is 8.68 Å². The summed E-state index contributed by atoms with van der Waals surface area (Å²) in [4.78, 5) is 0. The maximum Gasteiger partial charge on any atom is 0.175 e. The predicted molar refractivity (Wildman–Crippen MR) is 62.1 cm³/mol. The second-order valence-corrected chi connectivity index (χ2v) is 8.15. The first-order valence-electron chi connectivity index (χ1n) is 3.69. The normalized spacial score (nSPS) is 11.9. The van der Waals surface area contributed by atoms with E-state index in [1.54, 1.807) is 11.8 Å². The van der Waals surface area contributed by atoms with Crippen molar-refractivity contribution in [1.82, 2.24) is 10.2 Å². The molecule has 14 heavy (non-hydrogen) atoms. The second-order valence-electron chi connectivity index (χ2n) is 2.52. The van der Waals surface area contributed by atoms with Gasteiger partial charge in [0.05, 0.1) is 5.75 Å². The van der Waals surface area contributed by atoms with Gasteiger partial charge in [-0.2, -0.15) is 0 Å². The molecule has 0 atom stereocenters. The summed E-state index contributed by atoms with van der Waals surface area (Å²) in [6.07, 6.45) is 3.17. The van der Waals surface area contributed by atoms with Crippen LogP contribution >= 0.6 is 34.9 Å². The van der Waals surface area contributed by atoms with Crippen molar-refractivity contribution in [1.29, 1.82) is 0 Å². The van der Waals surface area contributed by atoms with Gasteiger partial charge in [-0.3, -0.25) is 0 Å². The van der Waals surface area contributed by atoms with Crippen LogP contribution < -0.4 is 0 Å². The molecule has 0 fully saturated rings. The lowest BCUT2D eigenvalue weighted by molar-refractivity contribution is 0.603. The van der Waals surface area contributed by atoms with Crippen molar-refractivity contribution in [3.05, 3.63) is 0 Å². The Morgan fingerprint density at radius 2 is 2.00 bits per heavy atom. The molecule has 0 bridgehead atoms. The summed E-state index contributed by atoms with van der Waals surface area (Å²) in [5, 5.41) is 7.83. The van der Waals surface area contributed by atoms with E-state index in [-0.39, 0.29) is 5.75 Å². The van der Waals surface area contributed by atoms with Gasteiger partial charge < -0.3 is 0 Å². The lowest BCUT2D eigenvalue weighted by Crippen LogP contribution is -2.04. The van der Waals surface area contributed by atoms with Crippen molar-refractivity contribution >= 4 is 44.7 Å². The highest BCUT2D eigenvalue weighted by atomic mass is 32.2. The summed E-state index contributed by atoms with van der Waals surface area (Å²) in [7, 11) is -2.86. The first-order chi connectivity index (χ1) is 6.51. The fourth-order valence-electron chi connectivity index (χ4n) is 0.618. The average molecular weight is 270 g/mol. The molecule has 0 saturated heterocycles. The third-order valence-corrected chi connectivity index (χ3v) is 5.48. The zero-order valence-electron chi connectivity index (χ0n) is 7.76. The zero-order chi connectivity index (χ0) is 10.6. The molecule has 1 rings (SSSR count). The number of nitrogens with zero attached hydrogens (tertiary/aromatic N) is 2. The molecule has 0 aliphatic carbocycles. The summed E-state index contributed by atoms with van der Waals surface area (Å²) >= 11 is 4.47. The highest BCUT2D eigenvalue weighted by molar-refractivity contribution is 8.03. The number of sulfone groups is 1. The van der Waals surface area contributed by atoms with Gasteiger partial charge in [0.15, 0.2) is 8.68 Å². The Hall–Kier alpha value is 0.210. The summed E-state index contributed by atoms with van der Waals surface area (Å²) in [5.41, 5.74) is 0. The lowest BCUT2D eigenvalue weighted by Gasteiger charge is -1.94. The van der Waals surface area contributed by atoms with Crippen LogP contribution in [0.5, 0.6) is 0 Å². The van der Waals surface area contributed by atoms with Crippen molar-refractivity contribution in [3.8, 4) is 0 Å². The van der Waals surface area contributed by atoms with E-state index in [9.17, 15) is 8.42 Å². The molecule has 0 amide bonds. The quantitative estimate of drug-likeness (QED) is 0.754. The Balaban J connectivity index is 2.39. The van der Waals surface area contributed by atoms with E-state index in [2.05, 4.69) is 10.2 Å². The molecule has 1 aromatic rings. The van der Waals surface area contributed by atoms with Crippen LogP contribution in [-0.4, -0.2) is 42.6 Å². The van der Waals surface area contributed by atoms with Crippen LogP contribution in [0.1, 0.15) is 0 Å². The van der Waals surface area contributed by atoms with E-state index in [0.29, 0.717) is 5.75 Å². The molecule has 4 nitrogen and oxygen atoms in total. The number of hydrogen-bond donors (Lipinski definition) is 0. The van der Waals surface area contributed by atoms with Gasteiger partial charge in [0, 0.05) is 12.0 Å². The minimum absolute atomic E-state index is 0.186. The van der Waals surface area contributed by atoms with Crippen LogP contribution in [0, 0.1) is 0 Å². The van der Waals surface area contributed by atoms with E-state index in [1.807, 2.05) is 6.26 Å². The van der Waals surface area contributed by atoms with Crippen molar-refractivity contribution < 1.29 is 8.42 Å². The van der Waals surface area contributed by atoms with Crippen LogP contribution in [0.25, 0.3) is 0 Å². The van der Waals surface area contributed by atoms with Gasteiger partial charge in [0.1, 0.15) is 9.84 Å². The van der Waals surface area contributed by atoms with Gasteiger partial charge in [-0.1, -0.05) is 34.9 Å². The molecule has 8 heteroatoms. The fraction of sp³-hybridized carbons (Fsp3) is 0.667. The Morgan fingerprint density at radius 3 is 2.50 bits per heavy atom. The van der Waals surface area contributed by atoms with E-state index >= 15 is 0 Å². The number of hydrogen-bond acceptors (Lipinski definition) is 7. The van der Waals surface area contributed by atoms with Gasteiger partial charge >= 0.3 is 0 Å². The van der Waals surface area contributed by atoms with E-state index in [1.165, 1.54) is 29.4 Å². The molecule has 0 saturated carbocycles. The first kappa shape index (κ1) is 12.3. The fourth-order valence-corrected chi connectivity index (χ4v) is 4.32. The Bertz CT molecular complexity index is 386. The van der Waals surface area contributed by atoms with Gasteiger partial charge in [-0.05, 0) is 6.26 Å². The van der Waals surface area contributed by atoms with Gasteiger partial charge in [0.25, 0.3) is 0 Å². The summed E-state index contributed by atoms with van der Waals surface area (Å²) < 4.78 is 23.4. The predicted octanol–water partition coefficient (Wildman–Crippen LogP) is 1.40. The number of rotatable bonds is 5. The maximum atomic E-state index is 10.8. The van der Waals surface area contributed by atoms with Crippen LogP contribution in [0.2, 0.25) is 0 Å². The third kappa shape index (κ3) is 4.63. The summed E-state index contributed by atoms with van der Waals surface area (Å²) in [6.45, 7) is 0. The summed E-state index contributed by atoms with van der Waals surface area (Å²) in [5.74, 6) is 0.730. The molecular formula is C6H10N2O2S4. The molecule has 0 spiro atoms. The van der Waals surface area contributed by atoms with Crippen LogP contribution in [0.3, 0.4) is 0 Å². The second kappa shape index (κ2) is 5.34. The molecule has 0 aromatic carbocycles. The van der Waals surface area contributed by atoms with E-state index in [4.69, 9.17) is 0 Å². The highest BCUT2D eigenvalue weighted by Crippen LogP contribution is 2.27. The molecule has 0 aliphatic heterocycles. The molecular weight excluding hydrogens is 260 g/mol. The SMILES string of the molecule is CSc1nnc(SCCS(C)(=O)=O)s1. The smallest absolute Gasteiger partial charge is 0.175 e. The lowest BCUT2D eigenvalue weighted by atomic mass is 11.0. The van der Waals surface area contributed by atoms with Gasteiger partial charge in [-0.15, -0.1) is 10.2 Å². The molecule has 0 radical (unpaired) electrons. The first-order valence-corrected chi connectivity index (χ1v) is 8.78. The van der Waals surface area contributed by atoms with E-state index < -0.39 is 9.84 Å². The Kier molecular flexibility index (Phi) is 4.68. The molecule has 1 heterocycles. The van der Waals surface area contributed by atoms with Crippen molar-refractivity contribution in [3.63, 3.8) is 0 Å². The van der Waals surface area contributed by atoms with Crippen LogP contribution in [-0.2, 0) is 9.84 Å². The molecule has 80 valence electrons. The average Bonchev–Trinajstić information content (AvgIpc) is 2.50. The zero-order valence-corrected chi connectivity index (χ0v) is 11.0. The molecule has 0 unspecified atom stereocenters. The van der Waals surface area contributed by atoms with Gasteiger partial charge in [-0.25, -0.2) is 8.42 Å². The minimum Gasteiger partial charge on any atom is -0.229 e. The Labute approximate surface area is 95.8 Å². The number of aromatic nitrogens is 2. The third-order valence-electron chi connectivity index (χ3n) is 1.24. The minimum atomic E-state index is -2.86. The van der Waals surface area contributed by atoms with Crippen molar-refractivity contribution in [2.24, 2.45) is 0 Å². The van der Waals surface area contributed by atoms with Crippen molar-refractivity contribution in [2.75, 3.05) is 24.0 Å². The summed E-state index contributed by atoms with van der Waals surface area (Å²) in [6, 6.07) is 0. The molecule has 0 aliphatic rings. The van der Waals surface area contributed by atoms with Crippen molar-refractivity contribution in [2.45, 2.75) is 8.68 Å².